The number of hydrogen-bond donors (Lipinski definition) is 1. The second kappa shape index (κ2) is 9.43. The van der Waals surface area contributed by atoms with Crippen LogP contribution in [-0.4, -0.2) is 23.0 Å². The summed E-state index contributed by atoms with van der Waals surface area (Å²) in [4.78, 5) is 28.6. The SMILES string of the molecule is CC(OC(=O)C=Cc1cccc(Br)c1)C(=O)Nc1nc(-c2ccccc2)cs1. The van der Waals surface area contributed by atoms with Crippen molar-refractivity contribution < 1.29 is 14.3 Å². The summed E-state index contributed by atoms with van der Waals surface area (Å²) in [5.41, 5.74) is 2.60. The molecule has 0 aliphatic carbocycles. The first-order valence-corrected chi connectivity index (χ1v) is 10.1. The Hall–Kier alpha value is -2.77. The number of halogens is 1. The van der Waals surface area contributed by atoms with Gasteiger partial charge in [-0.3, -0.25) is 10.1 Å². The molecule has 2 aromatic carbocycles. The molecule has 7 heteroatoms. The monoisotopic (exact) mass is 456 g/mol. The van der Waals surface area contributed by atoms with Gasteiger partial charge in [0.05, 0.1) is 5.69 Å². The Labute approximate surface area is 175 Å². The quantitative estimate of drug-likeness (QED) is 0.410. The molecule has 0 saturated carbocycles. The molecule has 142 valence electrons. The lowest BCUT2D eigenvalue weighted by atomic mass is 10.2. The fourth-order valence-corrected chi connectivity index (χ4v) is 3.46. The first kappa shape index (κ1) is 20.0. The van der Waals surface area contributed by atoms with Crippen LogP contribution < -0.4 is 5.32 Å². The van der Waals surface area contributed by atoms with Crippen LogP contribution in [0.3, 0.4) is 0 Å². The zero-order valence-electron chi connectivity index (χ0n) is 15.0. The van der Waals surface area contributed by atoms with Crippen LogP contribution in [0.25, 0.3) is 17.3 Å². The number of benzene rings is 2. The molecular weight excluding hydrogens is 440 g/mol. The largest absolute Gasteiger partial charge is 0.449 e. The van der Waals surface area contributed by atoms with E-state index in [2.05, 4.69) is 26.2 Å². The smallest absolute Gasteiger partial charge is 0.331 e. The number of rotatable bonds is 6. The molecule has 0 saturated heterocycles. The van der Waals surface area contributed by atoms with E-state index in [1.807, 2.05) is 60.0 Å². The van der Waals surface area contributed by atoms with Crippen LogP contribution in [0.1, 0.15) is 12.5 Å². The zero-order chi connectivity index (χ0) is 19.9. The van der Waals surface area contributed by atoms with Gasteiger partial charge >= 0.3 is 5.97 Å². The van der Waals surface area contributed by atoms with Crippen molar-refractivity contribution in [3.05, 3.63) is 76.1 Å². The van der Waals surface area contributed by atoms with E-state index >= 15 is 0 Å². The van der Waals surface area contributed by atoms with E-state index in [1.54, 1.807) is 6.08 Å². The van der Waals surface area contributed by atoms with Crippen molar-refractivity contribution in [2.75, 3.05) is 5.32 Å². The highest BCUT2D eigenvalue weighted by Crippen LogP contribution is 2.24. The van der Waals surface area contributed by atoms with Gasteiger partial charge in [0.2, 0.25) is 0 Å². The number of aromatic nitrogens is 1. The van der Waals surface area contributed by atoms with Crippen molar-refractivity contribution in [3.63, 3.8) is 0 Å². The van der Waals surface area contributed by atoms with Gasteiger partial charge in [-0.25, -0.2) is 9.78 Å². The number of esters is 1. The standard InChI is InChI=1S/C21H17BrN2O3S/c1-14(27-19(25)11-10-15-6-5-9-17(22)12-15)20(26)24-21-23-18(13-28-21)16-7-3-2-4-8-16/h2-14H,1H3,(H,23,24,26). The maximum atomic E-state index is 12.3. The van der Waals surface area contributed by atoms with E-state index in [-0.39, 0.29) is 0 Å². The van der Waals surface area contributed by atoms with Crippen LogP contribution in [0.4, 0.5) is 5.13 Å². The highest BCUT2D eigenvalue weighted by Gasteiger charge is 2.18. The van der Waals surface area contributed by atoms with Gasteiger partial charge in [0.25, 0.3) is 5.91 Å². The third-order valence-electron chi connectivity index (χ3n) is 3.73. The first-order valence-electron chi connectivity index (χ1n) is 8.47. The molecule has 1 amide bonds. The Morgan fingerprint density at radius 2 is 1.96 bits per heavy atom. The molecule has 0 aliphatic rings. The van der Waals surface area contributed by atoms with E-state index < -0.39 is 18.0 Å². The molecule has 1 atom stereocenters. The Balaban J connectivity index is 1.54. The first-order chi connectivity index (χ1) is 13.5. The number of ether oxygens (including phenoxy) is 1. The van der Waals surface area contributed by atoms with Gasteiger partial charge in [-0.1, -0.05) is 58.4 Å². The summed E-state index contributed by atoms with van der Waals surface area (Å²) in [5, 5.41) is 5.00. The molecule has 1 N–H and O–H groups in total. The summed E-state index contributed by atoms with van der Waals surface area (Å²) in [6.07, 6.45) is 1.98. The molecule has 0 radical (unpaired) electrons. The molecule has 3 aromatic rings. The lowest BCUT2D eigenvalue weighted by Crippen LogP contribution is -2.29. The number of carbonyl (C=O) groups is 2. The number of carbonyl (C=O) groups excluding carboxylic acids is 2. The van der Waals surface area contributed by atoms with E-state index in [0.29, 0.717) is 5.13 Å². The van der Waals surface area contributed by atoms with Crippen LogP contribution in [0, 0.1) is 0 Å². The summed E-state index contributed by atoms with van der Waals surface area (Å²) in [6.45, 7) is 1.52. The predicted octanol–water partition coefficient (Wildman–Crippen LogP) is 5.16. The molecule has 0 aliphatic heterocycles. The maximum Gasteiger partial charge on any atom is 0.331 e. The van der Waals surface area contributed by atoms with Crippen molar-refractivity contribution in [2.45, 2.75) is 13.0 Å². The van der Waals surface area contributed by atoms with Gasteiger partial charge in [0, 0.05) is 21.5 Å². The number of hydrogen-bond acceptors (Lipinski definition) is 5. The summed E-state index contributed by atoms with van der Waals surface area (Å²) in [6, 6.07) is 17.2. The van der Waals surface area contributed by atoms with Crippen molar-refractivity contribution in [1.29, 1.82) is 0 Å². The van der Waals surface area contributed by atoms with Gasteiger partial charge in [-0.05, 0) is 30.7 Å². The Bertz CT molecular complexity index is 1000. The van der Waals surface area contributed by atoms with Crippen LogP contribution in [-0.2, 0) is 14.3 Å². The molecule has 28 heavy (non-hydrogen) atoms. The fourth-order valence-electron chi connectivity index (χ4n) is 2.32. The van der Waals surface area contributed by atoms with E-state index in [1.165, 1.54) is 24.3 Å². The molecule has 1 unspecified atom stereocenters. The van der Waals surface area contributed by atoms with Crippen LogP contribution in [0.5, 0.6) is 0 Å². The van der Waals surface area contributed by atoms with Crippen LogP contribution in [0.2, 0.25) is 0 Å². The fraction of sp³-hybridized carbons (Fsp3) is 0.0952. The summed E-state index contributed by atoms with van der Waals surface area (Å²) in [5.74, 6) is -1.02. The second-order valence-electron chi connectivity index (χ2n) is 5.86. The zero-order valence-corrected chi connectivity index (χ0v) is 17.4. The summed E-state index contributed by atoms with van der Waals surface area (Å²) >= 11 is 4.68. The average molecular weight is 457 g/mol. The average Bonchev–Trinajstić information content (AvgIpc) is 3.15. The van der Waals surface area contributed by atoms with Gasteiger partial charge in [0.1, 0.15) is 0 Å². The lowest BCUT2D eigenvalue weighted by Gasteiger charge is -2.10. The highest BCUT2D eigenvalue weighted by atomic mass is 79.9. The number of nitrogens with one attached hydrogen (secondary N) is 1. The summed E-state index contributed by atoms with van der Waals surface area (Å²) in [7, 11) is 0. The van der Waals surface area contributed by atoms with E-state index in [4.69, 9.17) is 4.74 Å². The molecule has 0 spiro atoms. The lowest BCUT2D eigenvalue weighted by molar-refractivity contribution is -0.148. The Morgan fingerprint density at radius 1 is 1.18 bits per heavy atom. The molecule has 3 rings (SSSR count). The van der Waals surface area contributed by atoms with Crippen molar-refractivity contribution in [3.8, 4) is 11.3 Å². The molecule has 1 heterocycles. The van der Waals surface area contributed by atoms with Gasteiger partial charge in [0.15, 0.2) is 11.2 Å². The molecule has 0 fully saturated rings. The minimum Gasteiger partial charge on any atom is -0.449 e. The minimum atomic E-state index is -0.941. The molecule has 5 nitrogen and oxygen atoms in total. The molecular formula is C21H17BrN2O3S. The van der Waals surface area contributed by atoms with Crippen LogP contribution >= 0.6 is 27.3 Å². The number of nitrogens with zero attached hydrogens (tertiary/aromatic N) is 1. The van der Waals surface area contributed by atoms with E-state index in [0.717, 1.165) is 21.3 Å². The second-order valence-corrected chi connectivity index (χ2v) is 7.63. The van der Waals surface area contributed by atoms with Gasteiger partial charge in [-0.2, -0.15) is 0 Å². The molecule has 1 aromatic heterocycles. The number of amides is 1. The topological polar surface area (TPSA) is 68.3 Å². The van der Waals surface area contributed by atoms with E-state index in [9.17, 15) is 9.59 Å². The third-order valence-corrected chi connectivity index (χ3v) is 4.98. The highest BCUT2D eigenvalue weighted by molar-refractivity contribution is 9.10. The minimum absolute atomic E-state index is 0.432. The molecule has 0 bridgehead atoms. The predicted molar refractivity (Wildman–Crippen MR) is 115 cm³/mol. The van der Waals surface area contributed by atoms with Gasteiger partial charge < -0.3 is 4.74 Å². The van der Waals surface area contributed by atoms with Crippen molar-refractivity contribution in [2.24, 2.45) is 0 Å². The van der Waals surface area contributed by atoms with Gasteiger partial charge in [-0.15, -0.1) is 11.3 Å². The number of thiazole rings is 1. The number of anilines is 1. The summed E-state index contributed by atoms with van der Waals surface area (Å²) < 4.78 is 6.07. The van der Waals surface area contributed by atoms with Crippen molar-refractivity contribution in [1.82, 2.24) is 4.98 Å². The Kier molecular flexibility index (Phi) is 6.73. The van der Waals surface area contributed by atoms with Crippen molar-refractivity contribution >= 4 is 50.4 Å². The maximum absolute atomic E-state index is 12.3. The third kappa shape index (κ3) is 5.61. The normalized spacial score (nSPS) is 11.9. The Morgan fingerprint density at radius 3 is 2.71 bits per heavy atom. The van der Waals surface area contributed by atoms with Crippen LogP contribution in [0.15, 0.2) is 70.5 Å².